The van der Waals surface area contributed by atoms with Crippen LogP contribution in [-0.4, -0.2) is 16.8 Å². The molecule has 0 saturated heterocycles. The van der Waals surface area contributed by atoms with Crippen LogP contribution in [0.25, 0.3) is 11.3 Å². The molecule has 0 bridgehead atoms. The lowest BCUT2D eigenvalue weighted by Gasteiger charge is -2.04. The molecule has 0 unspecified atom stereocenters. The first-order valence-corrected chi connectivity index (χ1v) is 5.50. The van der Waals surface area contributed by atoms with Gasteiger partial charge in [-0.1, -0.05) is 0 Å². The molecule has 0 amide bonds. The Kier molecular flexibility index (Phi) is 3.23. The Bertz CT molecular complexity index is 558. The van der Waals surface area contributed by atoms with Crippen molar-refractivity contribution in [2.75, 3.05) is 6.61 Å². The van der Waals surface area contributed by atoms with Gasteiger partial charge in [-0.05, 0) is 44.2 Å². The number of hydrogen-bond acceptors (Lipinski definition) is 3. The Hall–Kier alpha value is -2.10. The third-order valence-corrected chi connectivity index (χ3v) is 2.45. The molecule has 0 spiro atoms. The number of rotatable bonds is 3. The minimum atomic E-state index is -0.153. The normalized spacial score (nSPS) is 10.2. The minimum Gasteiger partial charge on any atom is -0.494 e. The van der Waals surface area contributed by atoms with Crippen molar-refractivity contribution in [2.24, 2.45) is 0 Å². The molecule has 4 heteroatoms. The molecule has 0 atom stereocenters. The zero-order valence-electron chi connectivity index (χ0n) is 9.86. The lowest BCUT2D eigenvalue weighted by atomic mass is 10.1. The van der Waals surface area contributed by atoms with E-state index in [2.05, 4.69) is 10.2 Å². The highest BCUT2D eigenvalue weighted by Crippen LogP contribution is 2.20. The molecule has 4 nitrogen and oxygen atoms in total. The Morgan fingerprint density at radius 3 is 2.59 bits per heavy atom. The molecule has 0 aliphatic rings. The average molecular weight is 230 g/mol. The van der Waals surface area contributed by atoms with E-state index in [1.807, 2.05) is 31.2 Å². The number of nitrogens with zero attached hydrogens (tertiary/aromatic N) is 1. The van der Waals surface area contributed by atoms with Gasteiger partial charge in [0.05, 0.1) is 12.3 Å². The van der Waals surface area contributed by atoms with Gasteiger partial charge in [-0.3, -0.25) is 4.79 Å². The third-order valence-electron chi connectivity index (χ3n) is 2.45. The fourth-order valence-corrected chi connectivity index (χ4v) is 1.54. The largest absolute Gasteiger partial charge is 0.494 e. The molecule has 1 N–H and O–H groups in total. The zero-order chi connectivity index (χ0) is 12.3. The van der Waals surface area contributed by atoms with Crippen LogP contribution in [0.5, 0.6) is 5.75 Å². The van der Waals surface area contributed by atoms with Gasteiger partial charge in [0.2, 0.25) is 0 Å². The summed E-state index contributed by atoms with van der Waals surface area (Å²) in [6.45, 7) is 4.36. The van der Waals surface area contributed by atoms with Crippen molar-refractivity contribution < 1.29 is 4.74 Å². The summed E-state index contributed by atoms with van der Waals surface area (Å²) in [5.41, 5.74) is 2.21. The van der Waals surface area contributed by atoms with Crippen molar-refractivity contribution >= 4 is 0 Å². The molecule has 1 aromatic heterocycles. The second kappa shape index (κ2) is 4.82. The lowest BCUT2D eigenvalue weighted by Crippen LogP contribution is -2.11. The van der Waals surface area contributed by atoms with Crippen molar-refractivity contribution in [2.45, 2.75) is 13.8 Å². The second-order valence-corrected chi connectivity index (χ2v) is 3.72. The van der Waals surface area contributed by atoms with Crippen LogP contribution in [0.2, 0.25) is 0 Å². The summed E-state index contributed by atoms with van der Waals surface area (Å²) in [5.74, 6) is 0.831. The number of aromatic nitrogens is 2. The molecular formula is C13H14N2O2. The maximum absolute atomic E-state index is 11.2. The van der Waals surface area contributed by atoms with Gasteiger partial charge in [0.15, 0.2) is 0 Å². The molecule has 0 aliphatic heterocycles. The number of ether oxygens (including phenoxy) is 1. The van der Waals surface area contributed by atoms with Crippen LogP contribution in [0.4, 0.5) is 0 Å². The van der Waals surface area contributed by atoms with Gasteiger partial charge in [-0.15, -0.1) is 0 Å². The van der Waals surface area contributed by atoms with E-state index in [0.717, 1.165) is 17.0 Å². The fourth-order valence-electron chi connectivity index (χ4n) is 1.54. The van der Waals surface area contributed by atoms with Crippen molar-refractivity contribution in [3.8, 4) is 17.0 Å². The van der Waals surface area contributed by atoms with E-state index in [9.17, 15) is 4.79 Å². The monoisotopic (exact) mass is 230 g/mol. The molecule has 1 heterocycles. The second-order valence-electron chi connectivity index (χ2n) is 3.72. The number of aryl methyl sites for hydroxylation is 1. The van der Waals surface area contributed by atoms with E-state index >= 15 is 0 Å². The van der Waals surface area contributed by atoms with Gasteiger partial charge in [-0.2, -0.15) is 5.10 Å². The number of nitrogens with one attached hydrogen (secondary N) is 1. The summed E-state index contributed by atoms with van der Waals surface area (Å²) in [6, 6.07) is 9.40. The van der Waals surface area contributed by atoms with Gasteiger partial charge in [0.25, 0.3) is 5.56 Å². The highest BCUT2D eigenvalue weighted by molar-refractivity contribution is 5.59. The van der Waals surface area contributed by atoms with Gasteiger partial charge < -0.3 is 4.74 Å². The van der Waals surface area contributed by atoms with Crippen LogP contribution in [-0.2, 0) is 0 Å². The van der Waals surface area contributed by atoms with Crippen molar-refractivity contribution in [3.05, 3.63) is 46.2 Å². The molecule has 0 radical (unpaired) electrons. The van der Waals surface area contributed by atoms with Gasteiger partial charge in [0.1, 0.15) is 5.75 Å². The third kappa shape index (κ3) is 2.53. The molecule has 1 aromatic carbocycles. The Labute approximate surface area is 99.3 Å². The predicted octanol–water partition coefficient (Wildman–Crippen LogP) is 2.14. The topological polar surface area (TPSA) is 55.0 Å². The average Bonchev–Trinajstić information content (AvgIpc) is 2.34. The van der Waals surface area contributed by atoms with Crippen molar-refractivity contribution in [1.82, 2.24) is 10.2 Å². The van der Waals surface area contributed by atoms with Crippen LogP contribution in [0, 0.1) is 6.92 Å². The number of hydrogen-bond donors (Lipinski definition) is 1. The maximum Gasteiger partial charge on any atom is 0.267 e. The van der Waals surface area contributed by atoms with E-state index in [-0.39, 0.29) is 5.56 Å². The highest BCUT2D eigenvalue weighted by atomic mass is 16.5. The van der Waals surface area contributed by atoms with E-state index in [1.165, 1.54) is 0 Å². The van der Waals surface area contributed by atoms with Crippen LogP contribution in [0.1, 0.15) is 12.5 Å². The van der Waals surface area contributed by atoms with Crippen LogP contribution < -0.4 is 10.3 Å². The Morgan fingerprint density at radius 1 is 1.29 bits per heavy atom. The molecule has 0 aliphatic carbocycles. The highest BCUT2D eigenvalue weighted by Gasteiger charge is 2.02. The smallest absolute Gasteiger partial charge is 0.267 e. The molecule has 2 aromatic rings. The van der Waals surface area contributed by atoms with Crippen LogP contribution in [0.3, 0.4) is 0 Å². The summed E-state index contributed by atoms with van der Waals surface area (Å²) in [7, 11) is 0. The summed E-state index contributed by atoms with van der Waals surface area (Å²) in [5, 5.41) is 6.48. The molecular weight excluding hydrogens is 216 g/mol. The van der Waals surface area contributed by atoms with Crippen molar-refractivity contribution in [1.29, 1.82) is 0 Å². The number of aromatic amines is 1. The van der Waals surface area contributed by atoms with Crippen molar-refractivity contribution in [3.63, 3.8) is 0 Å². The fraction of sp³-hybridized carbons (Fsp3) is 0.231. The van der Waals surface area contributed by atoms with Gasteiger partial charge in [0, 0.05) is 11.1 Å². The first-order valence-electron chi connectivity index (χ1n) is 5.50. The zero-order valence-corrected chi connectivity index (χ0v) is 9.86. The molecule has 17 heavy (non-hydrogen) atoms. The first kappa shape index (κ1) is 11.4. The summed E-state index contributed by atoms with van der Waals surface area (Å²) >= 11 is 0. The molecule has 88 valence electrons. The minimum absolute atomic E-state index is 0.153. The van der Waals surface area contributed by atoms with Gasteiger partial charge in [-0.25, -0.2) is 5.10 Å². The van der Waals surface area contributed by atoms with E-state index in [4.69, 9.17) is 4.74 Å². The first-order chi connectivity index (χ1) is 8.20. The maximum atomic E-state index is 11.2. The quantitative estimate of drug-likeness (QED) is 0.878. The Morgan fingerprint density at radius 2 is 2.00 bits per heavy atom. The summed E-state index contributed by atoms with van der Waals surface area (Å²) in [6.07, 6.45) is 0. The van der Waals surface area contributed by atoms with Gasteiger partial charge >= 0.3 is 0 Å². The van der Waals surface area contributed by atoms with E-state index in [1.54, 1.807) is 13.0 Å². The lowest BCUT2D eigenvalue weighted by molar-refractivity contribution is 0.340. The summed E-state index contributed by atoms with van der Waals surface area (Å²) < 4.78 is 5.36. The Balaban J connectivity index is 2.33. The van der Waals surface area contributed by atoms with E-state index in [0.29, 0.717) is 12.2 Å². The standard InChI is InChI=1S/C13H14N2O2/c1-3-17-11-6-4-10(5-7-11)12-8-9(2)13(16)15-14-12/h4-8H,3H2,1-2H3,(H,15,16). The molecule has 0 fully saturated rings. The van der Waals surface area contributed by atoms with Crippen LogP contribution >= 0.6 is 0 Å². The van der Waals surface area contributed by atoms with E-state index < -0.39 is 0 Å². The SMILES string of the molecule is CCOc1ccc(-c2cc(C)c(=O)[nH]n2)cc1. The molecule has 0 saturated carbocycles. The number of H-pyrrole nitrogens is 1. The predicted molar refractivity (Wildman–Crippen MR) is 66.2 cm³/mol. The number of benzene rings is 1. The van der Waals surface area contributed by atoms with Crippen LogP contribution in [0.15, 0.2) is 35.1 Å². The summed E-state index contributed by atoms with van der Waals surface area (Å²) in [4.78, 5) is 11.2. The molecule has 2 rings (SSSR count).